The minimum Gasteiger partial charge on any atom is -0.449 e. The fourth-order valence-corrected chi connectivity index (χ4v) is 1.34. The maximum atomic E-state index is 10.4. The molecular formula is C13H11NO2. The molecule has 0 amide bonds. The lowest BCUT2D eigenvalue weighted by Gasteiger charge is -1.93. The zero-order chi connectivity index (χ0) is 11.2. The Balaban J connectivity index is 1.98. The predicted molar refractivity (Wildman–Crippen MR) is 61.1 cm³/mol. The molecule has 0 fully saturated rings. The highest BCUT2D eigenvalue weighted by Gasteiger charge is 1.93. The quantitative estimate of drug-likeness (QED) is 0.733. The molecule has 0 radical (unpaired) electrons. The van der Waals surface area contributed by atoms with Crippen molar-refractivity contribution in [1.82, 2.24) is 4.98 Å². The van der Waals surface area contributed by atoms with Gasteiger partial charge in [0.2, 0.25) is 0 Å². The fraction of sp³-hybridized carbons (Fsp3) is 0.0769. The van der Waals surface area contributed by atoms with Crippen LogP contribution in [-0.4, -0.2) is 11.3 Å². The first-order chi connectivity index (χ1) is 7.88. The minimum atomic E-state index is 0.669. The standard InChI is InChI=1S/C13H11NO2/c15-10-12-6-4-11(5-7-12)2-1-3-13-14-8-9-16-13/h1-2,4-10H,3H2. The second-order valence-electron chi connectivity index (χ2n) is 3.32. The van der Waals surface area contributed by atoms with Crippen LogP contribution in [0.3, 0.4) is 0 Å². The number of hydrogen-bond donors (Lipinski definition) is 0. The van der Waals surface area contributed by atoms with Gasteiger partial charge in [-0.15, -0.1) is 0 Å². The average molecular weight is 213 g/mol. The molecule has 0 saturated carbocycles. The Bertz CT molecular complexity index is 469. The van der Waals surface area contributed by atoms with E-state index >= 15 is 0 Å². The maximum absolute atomic E-state index is 10.4. The molecule has 2 rings (SSSR count). The summed E-state index contributed by atoms with van der Waals surface area (Å²) in [5.74, 6) is 0.695. The highest BCUT2D eigenvalue weighted by Crippen LogP contribution is 2.06. The molecule has 0 aliphatic rings. The third kappa shape index (κ3) is 2.67. The molecular weight excluding hydrogens is 202 g/mol. The second-order valence-corrected chi connectivity index (χ2v) is 3.32. The van der Waals surface area contributed by atoms with Crippen molar-refractivity contribution in [2.45, 2.75) is 6.42 Å². The van der Waals surface area contributed by atoms with Crippen molar-refractivity contribution in [3.05, 3.63) is 59.8 Å². The molecule has 0 saturated heterocycles. The van der Waals surface area contributed by atoms with Gasteiger partial charge in [-0.25, -0.2) is 4.98 Å². The summed E-state index contributed by atoms with van der Waals surface area (Å²) in [7, 11) is 0. The van der Waals surface area contributed by atoms with Gasteiger partial charge in [0.05, 0.1) is 6.20 Å². The smallest absolute Gasteiger partial charge is 0.197 e. The van der Waals surface area contributed by atoms with Gasteiger partial charge in [0.25, 0.3) is 0 Å². The van der Waals surface area contributed by atoms with Crippen LogP contribution in [0.2, 0.25) is 0 Å². The van der Waals surface area contributed by atoms with Crippen LogP contribution in [-0.2, 0) is 6.42 Å². The van der Waals surface area contributed by atoms with Gasteiger partial charge in [0, 0.05) is 12.0 Å². The van der Waals surface area contributed by atoms with Gasteiger partial charge >= 0.3 is 0 Å². The lowest BCUT2D eigenvalue weighted by molar-refractivity contribution is 0.112. The highest BCUT2D eigenvalue weighted by atomic mass is 16.3. The summed E-state index contributed by atoms with van der Waals surface area (Å²) in [4.78, 5) is 14.5. The number of oxazole rings is 1. The summed E-state index contributed by atoms with van der Waals surface area (Å²) < 4.78 is 5.10. The predicted octanol–water partition coefficient (Wildman–Crippen LogP) is 2.74. The van der Waals surface area contributed by atoms with E-state index in [4.69, 9.17) is 4.42 Å². The minimum absolute atomic E-state index is 0.669. The van der Waals surface area contributed by atoms with E-state index in [2.05, 4.69) is 4.98 Å². The van der Waals surface area contributed by atoms with Gasteiger partial charge in [-0.05, 0) is 5.56 Å². The summed E-state index contributed by atoms with van der Waals surface area (Å²) in [5.41, 5.74) is 1.74. The molecule has 1 aromatic heterocycles. The number of aldehydes is 1. The molecule has 80 valence electrons. The molecule has 0 bridgehead atoms. The lowest BCUT2D eigenvalue weighted by Crippen LogP contribution is -1.80. The van der Waals surface area contributed by atoms with Crippen molar-refractivity contribution in [1.29, 1.82) is 0 Å². The van der Waals surface area contributed by atoms with Crippen LogP contribution in [0.1, 0.15) is 21.8 Å². The van der Waals surface area contributed by atoms with Crippen LogP contribution in [0.25, 0.3) is 6.08 Å². The summed E-state index contributed by atoms with van der Waals surface area (Å²) in [6.07, 6.45) is 8.63. The Labute approximate surface area is 93.4 Å². The monoisotopic (exact) mass is 213 g/mol. The van der Waals surface area contributed by atoms with E-state index in [1.54, 1.807) is 24.6 Å². The van der Waals surface area contributed by atoms with E-state index < -0.39 is 0 Å². The van der Waals surface area contributed by atoms with Crippen LogP contribution < -0.4 is 0 Å². The second kappa shape index (κ2) is 5.07. The van der Waals surface area contributed by atoms with E-state index in [-0.39, 0.29) is 0 Å². The number of carbonyl (C=O) groups excluding carboxylic acids is 1. The molecule has 0 spiro atoms. The molecule has 1 aromatic carbocycles. The third-order valence-electron chi connectivity index (χ3n) is 2.16. The van der Waals surface area contributed by atoms with Gasteiger partial charge in [-0.2, -0.15) is 0 Å². The maximum Gasteiger partial charge on any atom is 0.197 e. The third-order valence-corrected chi connectivity index (χ3v) is 2.16. The molecule has 0 unspecified atom stereocenters. The van der Waals surface area contributed by atoms with Gasteiger partial charge in [0.15, 0.2) is 5.89 Å². The van der Waals surface area contributed by atoms with Gasteiger partial charge in [0.1, 0.15) is 12.5 Å². The highest BCUT2D eigenvalue weighted by molar-refractivity contribution is 5.75. The molecule has 0 aliphatic heterocycles. The Morgan fingerprint density at radius 3 is 2.56 bits per heavy atom. The Morgan fingerprint density at radius 1 is 1.19 bits per heavy atom. The summed E-state index contributed by atoms with van der Waals surface area (Å²) in [6.45, 7) is 0. The zero-order valence-electron chi connectivity index (χ0n) is 8.67. The molecule has 0 aliphatic carbocycles. The number of rotatable bonds is 4. The molecule has 2 aromatic rings. The fourth-order valence-electron chi connectivity index (χ4n) is 1.34. The Morgan fingerprint density at radius 2 is 1.94 bits per heavy atom. The van der Waals surface area contributed by atoms with E-state index in [1.807, 2.05) is 24.3 Å². The molecule has 3 nitrogen and oxygen atoms in total. The largest absolute Gasteiger partial charge is 0.449 e. The number of carbonyl (C=O) groups is 1. The number of benzene rings is 1. The summed E-state index contributed by atoms with van der Waals surface area (Å²) in [6, 6.07) is 7.38. The SMILES string of the molecule is O=Cc1ccc(C=CCc2ncco2)cc1. The van der Waals surface area contributed by atoms with Crippen LogP contribution in [0.5, 0.6) is 0 Å². The van der Waals surface area contributed by atoms with E-state index in [1.165, 1.54) is 0 Å². The molecule has 16 heavy (non-hydrogen) atoms. The van der Waals surface area contributed by atoms with Crippen molar-refractivity contribution < 1.29 is 9.21 Å². The number of allylic oxidation sites excluding steroid dienone is 1. The lowest BCUT2D eigenvalue weighted by atomic mass is 10.1. The van der Waals surface area contributed by atoms with Gasteiger partial charge < -0.3 is 4.42 Å². The first-order valence-electron chi connectivity index (χ1n) is 4.98. The normalized spacial score (nSPS) is 10.8. The molecule has 0 atom stereocenters. The van der Waals surface area contributed by atoms with Crippen LogP contribution in [0.4, 0.5) is 0 Å². The van der Waals surface area contributed by atoms with Crippen molar-refractivity contribution in [3.8, 4) is 0 Å². The van der Waals surface area contributed by atoms with Crippen molar-refractivity contribution in [2.24, 2.45) is 0 Å². The molecule has 3 heteroatoms. The van der Waals surface area contributed by atoms with Crippen LogP contribution in [0, 0.1) is 0 Å². The van der Waals surface area contributed by atoms with Gasteiger partial charge in [-0.1, -0.05) is 36.4 Å². The molecule has 0 N–H and O–H groups in total. The van der Waals surface area contributed by atoms with Crippen molar-refractivity contribution in [3.63, 3.8) is 0 Å². The first kappa shape index (κ1) is 10.4. The van der Waals surface area contributed by atoms with Crippen molar-refractivity contribution >= 4 is 12.4 Å². The summed E-state index contributed by atoms with van der Waals surface area (Å²) >= 11 is 0. The zero-order valence-corrected chi connectivity index (χ0v) is 8.67. The Kier molecular flexibility index (Phi) is 3.28. The van der Waals surface area contributed by atoms with Crippen LogP contribution in [0.15, 0.2) is 47.2 Å². The number of nitrogens with zero attached hydrogens (tertiary/aromatic N) is 1. The number of aromatic nitrogens is 1. The summed E-state index contributed by atoms with van der Waals surface area (Å²) in [5, 5.41) is 0. The van der Waals surface area contributed by atoms with Crippen molar-refractivity contribution in [2.75, 3.05) is 0 Å². The van der Waals surface area contributed by atoms with E-state index in [0.717, 1.165) is 11.8 Å². The topological polar surface area (TPSA) is 43.1 Å². The van der Waals surface area contributed by atoms with E-state index in [0.29, 0.717) is 17.9 Å². The average Bonchev–Trinajstić information content (AvgIpc) is 2.83. The van der Waals surface area contributed by atoms with Gasteiger partial charge in [-0.3, -0.25) is 4.79 Å². The molecule has 1 heterocycles. The van der Waals surface area contributed by atoms with Crippen LogP contribution >= 0.6 is 0 Å². The Hall–Kier alpha value is -2.16. The first-order valence-corrected chi connectivity index (χ1v) is 4.98. The van der Waals surface area contributed by atoms with E-state index in [9.17, 15) is 4.79 Å². The number of hydrogen-bond acceptors (Lipinski definition) is 3.